The first kappa shape index (κ1) is 11.2. The van der Waals surface area contributed by atoms with Crippen molar-refractivity contribution in [3.63, 3.8) is 0 Å². The Kier molecular flexibility index (Phi) is 4.59. The lowest BCUT2D eigenvalue weighted by atomic mass is 10.0. The summed E-state index contributed by atoms with van der Waals surface area (Å²) in [5.41, 5.74) is 1.21. The van der Waals surface area contributed by atoms with E-state index in [2.05, 4.69) is 29.5 Å². The van der Waals surface area contributed by atoms with Crippen LogP contribution in [0.2, 0.25) is 0 Å². The van der Waals surface area contributed by atoms with Crippen LogP contribution in [0.4, 0.5) is 0 Å². The highest BCUT2D eigenvalue weighted by molar-refractivity contribution is 5.00. The Morgan fingerprint density at radius 1 is 1.50 bits per heavy atom. The Hall–Kier alpha value is -0.900. The Labute approximate surface area is 85.7 Å². The largest absolute Gasteiger partial charge is 0.317 e. The third-order valence-corrected chi connectivity index (χ3v) is 2.44. The third kappa shape index (κ3) is 3.10. The van der Waals surface area contributed by atoms with Crippen LogP contribution in [0.25, 0.3) is 0 Å². The molecular weight excluding hydrogens is 176 g/mol. The Morgan fingerprint density at radius 2 is 2.29 bits per heavy atom. The van der Waals surface area contributed by atoms with Gasteiger partial charge in [0.15, 0.2) is 0 Å². The average molecular weight is 196 g/mol. The predicted molar refractivity (Wildman–Crippen MR) is 57.2 cm³/mol. The van der Waals surface area contributed by atoms with Gasteiger partial charge in [0.25, 0.3) is 0 Å². The third-order valence-electron chi connectivity index (χ3n) is 2.44. The van der Waals surface area contributed by atoms with Gasteiger partial charge in [0.1, 0.15) is 0 Å². The van der Waals surface area contributed by atoms with E-state index in [1.165, 1.54) is 12.1 Å². The lowest BCUT2D eigenvalue weighted by molar-refractivity contribution is 0.555. The second-order valence-corrected chi connectivity index (χ2v) is 3.72. The van der Waals surface area contributed by atoms with Crippen LogP contribution in [0.15, 0.2) is 6.20 Å². The van der Waals surface area contributed by atoms with Gasteiger partial charge in [-0.25, -0.2) is 0 Å². The van der Waals surface area contributed by atoms with Crippen molar-refractivity contribution in [2.45, 2.75) is 32.6 Å². The summed E-state index contributed by atoms with van der Waals surface area (Å²) in [6, 6.07) is 0. The molecule has 0 aliphatic heterocycles. The van der Waals surface area contributed by atoms with E-state index in [4.69, 9.17) is 0 Å². The molecule has 4 nitrogen and oxygen atoms in total. The maximum atomic E-state index is 3.93. The molecule has 0 aliphatic rings. The second-order valence-electron chi connectivity index (χ2n) is 3.72. The SMILES string of the molecule is CCCNCCC(C)c1cnnn1C. The Bertz CT molecular complexity index is 256. The van der Waals surface area contributed by atoms with E-state index in [1.54, 1.807) is 0 Å². The van der Waals surface area contributed by atoms with Gasteiger partial charge in [0.05, 0.1) is 11.9 Å². The summed E-state index contributed by atoms with van der Waals surface area (Å²) in [7, 11) is 1.94. The summed E-state index contributed by atoms with van der Waals surface area (Å²) in [6.45, 7) is 6.57. The second kappa shape index (κ2) is 5.75. The summed E-state index contributed by atoms with van der Waals surface area (Å²) in [4.78, 5) is 0. The molecule has 1 heterocycles. The van der Waals surface area contributed by atoms with E-state index < -0.39 is 0 Å². The monoisotopic (exact) mass is 196 g/mol. The lowest BCUT2D eigenvalue weighted by Gasteiger charge is -2.11. The fourth-order valence-corrected chi connectivity index (χ4v) is 1.51. The van der Waals surface area contributed by atoms with Crippen LogP contribution in [0.5, 0.6) is 0 Å². The van der Waals surface area contributed by atoms with Gasteiger partial charge in [0.2, 0.25) is 0 Å². The normalized spacial score (nSPS) is 13.1. The Morgan fingerprint density at radius 3 is 2.86 bits per heavy atom. The fraction of sp³-hybridized carbons (Fsp3) is 0.800. The van der Waals surface area contributed by atoms with E-state index >= 15 is 0 Å². The summed E-state index contributed by atoms with van der Waals surface area (Å²) in [5, 5.41) is 11.2. The van der Waals surface area contributed by atoms with Crippen molar-refractivity contribution in [1.29, 1.82) is 0 Å². The fourth-order valence-electron chi connectivity index (χ4n) is 1.51. The molecule has 0 spiro atoms. The van der Waals surface area contributed by atoms with Crippen LogP contribution in [0.1, 0.15) is 38.3 Å². The van der Waals surface area contributed by atoms with E-state index in [1.807, 2.05) is 17.9 Å². The minimum Gasteiger partial charge on any atom is -0.317 e. The molecule has 0 fully saturated rings. The van der Waals surface area contributed by atoms with E-state index in [-0.39, 0.29) is 0 Å². The van der Waals surface area contributed by atoms with Crippen molar-refractivity contribution < 1.29 is 0 Å². The molecule has 0 saturated carbocycles. The maximum absolute atomic E-state index is 3.93. The number of hydrogen-bond donors (Lipinski definition) is 1. The van der Waals surface area contributed by atoms with Crippen LogP contribution >= 0.6 is 0 Å². The first-order valence-electron chi connectivity index (χ1n) is 5.31. The molecule has 0 aliphatic carbocycles. The first-order chi connectivity index (χ1) is 6.75. The standard InChI is InChI=1S/C10H20N4/c1-4-6-11-7-5-9(2)10-8-12-13-14(10)3/h8-9,11H,4-7H2,1-3H3. The molecule has 1 aromatic heterocycles. The molecule has 1 atom stereocenters. The van der Waals surface area contributed by atoms with E-state index in [0.29, 0.717) is 5.92 Å². The molecule has 1 rings (SSSR count). The molecule has 4 heteroatoms. The van der Waals surface area contributed by atoms with Crippen molar-refractivity contribution in [2.24, 2.45) is 7.05 Å². The van der Waals surface area contributed by atoms with Gasteiger partial charge in [-0.2, -0.15) is 0 Å². The van der Waals surface area contributed by atoms with Crippen molar-refractivity contribution in [3.05, 3.63) is 11.9 Å². The van der Waals surface area contributed by atoms with Crippen LogP contribution in [-0.4, -0.2) is 28.1 Å². The van der Waals surface area contributed by atoms with Crippen LogP contribution < -0.4 is 5.32 Å². The minimum atomic E-state index is 0.527. The smallest absolute Gasteiger partial charge is 0.0727 e. The lowest BCUT2D eigenvalue weighted by Crippen LogP contribution is -2.18. The zero-order valence-electron chi connectivity index (χ0n) is 9.32. The van der Waals surface area contributed by atoms with Gasteiger partial charge < -0.3 is 5.32 Å². The summed E-state index contributed by atoms with van der Waals surface area (Å²) < 4.78 is 1.85. The molecule has 0 amide bonds. The highest BCUT2D eigenvalue weighted by Crippen LogP contribution is 2.15. The number of hydrogen-bond acceptors (Lipinski definition) is 3. The zero-order valence-corrected chi connectivity index (χ0v) is 9.32. The van der Waals surface area contributed by atoms with E-state index in [9.17, 15) is 0 Å². The van der Waals surface area contributed by atoms with E-state index in [0.717, 1.165) is 19.5 Å². The summed E-state index contributed by atoms with van der Waals surface area (Å²) in [6.07, 6.45) is 4.19. The molecule has 1 aromatic rings. The van der Waals surface area contributed by atoms with Crippen molar-refractivity contribution in [1.82, 2.24) is 20.3 Å². The van der Waals surface area contributed by atoms with Crippen LogP contribution in [0, 0.1) is 0 Å². The highest BCUT2D eigenvalue weighted by atomic mass is 15.4. The predicted octanol–water partition coefficient (Wildman–Crippen LogP) is 1.31. The number of aryl methyl sites for hydroxylation is 1. The summed E-state index contributed by atoms with van der Waals surface area (Å²) >= 11 is 0. The van der Waals surface area contributed by atoms with Gasteiger partial charge in [-0.05, 0) is 25.9 Å². The molecule has 80 valence electrons. The van der Waals surface area contributed by atoms with Gasteiger partial charge >= 0.3 is 0 Å². The molecule has 14 heavy (non-hydrogen) atoms. The molecule has 0 bridgehead atoms. The van der Waals surface area contributed by atoms with Crippen molar-refractivity contribution in [3.8, 4) is 0 Å². The van der Waals surface area contributed by atoms with Gasteiger partial charge in [-0.1, -0.05) is 19.1 Å². The number of nitrogens with one attached hydrogen (secondary N) is 1. The first-order valence-corrected chi connectivity index (χ1v) is 5.31. The average Bonchev–Trinajstić information content (AvgIpc) is 2.59. The quantitative estimate of drug-likeness (QED) is 0.698. The molecule has 1 N–H and O–H groups in total. The molecule has 0 saturated heterocycles. The number of aromatic nitrogens is 3. The summed E-state index contributed by atoms with van der Waals surface area (Å²) in [5.74, 6) is 0.527. The number of nitrogens with zero attached hydrogens (tertiary/aromatic N) is 3. The molecular formula is C10H20N4. The minimum absolute atomic E-state index is 0.527. The maximum Gasteiger partial charge on any atom is 0.0727 e. The zero-order chi connectivity index (χ0) is 10.4. The van der Waals surface area contributed by atoms with Crippen LogP contribution in [0.3, 0.4) is 0 Å². The van der Waals surface area contributed by atoms with Gasteiger partial charge in [-0.15, -0.1) is 5.10 Å². The van der Waals surface area contributed by atoms with Crippen molar-refractivity contribution >= 4 is 0 Å². The number of rotatable bonds is 6. The highest BCUT2D eigenvalue weighted by Gasteiger charge is 2.09. The molecule has 0 radical (unpaired) electrons. The van der Waals surface area contributed by atoms with Crippen molar-refractivity contribution in [2.75, 3.05) is 13.1 Å². The molecule has 1 unspecified atom stereocenters. The van der Waals surface area contributed by atoms with Gasteiger partial charge in [0, 0.05) is 13.0 Å². The van der Waals surface area contributed by atoms with Crippen LogP contribution in [-0.2, 0) is 7.05 Å². The topological polar surface area (TPSA) is 42.7 Å². The van der Waals surface area contributed by atoms with Gasteiger partial charge in [-0.3, -0.25) is 4.68 Å². The Balaban J connectivity index is 2.28. The molecule has 0 aromatic carbocycles.